The largest absolute Gasteiger partial charge is 0.446 e. The summed E-state index contributed by atoms with van der Waals surface area (Å²) in [6.45, 7) is 3.82. The van der Waals surface area contributed by atoms with Crippen molar-refractivity contribution in [2.45, 2.75) is 38.7 Å². The molecule has 2 amide bonds. The lowest BCUT2D eigenvalue weighted by Gasteiger charge is -2.35. The van der Waals surface area contributed by atoms with Gasteiger partial charge in [-0.05, 0) is 36.8 Å². The molecule has 0 radical (unpaired) electrons. The number of hydrogen-bond acceptors (Lipinski definition) is 5. The molecule has 1 heterocycles. The molecule has 0 saturated heterocycles. The Hall–Kier alpha value is -2.98. The first kappa shape index (κ1) is 22.3. The number of rotatable bonds is 6. The number of nitrogens with zero attached hydrogens (tertiary/aromatic N) is 1. The topological polar surface area (TPSA) is 101 Å². The molecule has 0 aliphatic carbocycles. The molecule has 0 saturated carbocycles. The lowest BCUT2D eigenvalue weighted by molar-refractivity contribution is -0.385. The molecule has 3 N–H and O–H groups in total. The van der Waals surface area contributed by atoms with Gasteiger partial charge in [-0.25, -0.2) is 15.3 Å². The molecule has 2 rings (SSSR count). The van der Waals surface area contributed by atoms with Gasteiger partial charge in [-0.1, -0.05) is 25.1 Å². The number of carbonyl (C=O) groups is 2. The quantitative estimate of drug-likeness (QED) is 0.501. The maximum absolute atomic E-state index is 13.7. The lowest BCUT2D eigenvalue weighted by Crippen LogP contribution is -2.55. The van der Waals surface area contributed by atoms with Crippen LogP contribution in [0, 0.1) is 6.92 Å². The van der Waals surface area contributed by atoms with Crippen LogP contribution in [0.5, 0.6) is 0 Å². The van der Waals surface area contributed by atoms with Crippen LogP contribution in [0.4, 0.5) is 19.0 Å². The monoisotopic (exact) mass is 411 g/mol. The van der Waals surface area contributed by atoms with Gasteiger partial charge in [0.05, 0.1) is 0 Å². The maximum atomic E-state index is 13.7. The zero-order chi connectivity index (χ0) is 21.8. The van der Waals surface area contributed by atoms with Crippen molar-refractivity contribution in [3.63, 3.8) is 0 Å². The van der Waals surface area contributed by atoms with Crippen molar-refractivity contribution < 1.29 is 32.7 Å². The van der Waals surface area contributed by atoms with Crippen LogP contribution in [0.2, 0.25) is 0 Å². The van der Waals surface area contributed by atoms with Gasteiger partial charge in [-0.3, -0.25) is 9.59 Å². The van der Waals surface area contributed by atoms with Crippen molar-refractivity contribution in [2.75, 3.05) is 5.32 Å². The molecule has 1 aromatic heterocycles. The predicted octanol–water partition coefficient (Wildman–Crippen LogP) is 3.06. The van der Waals surface area contributed by atoms with Gasteiger partial charge in [0.25, 0.3) is 11.7 Å². The second-order valence-electron chi connectivity index (χ2n) is 6.42. The highest BCUT2D eigenvalue weighted by atomic mass is 19.4. The maximum Gasteiger partial charge on any atom is 0.446 e. The van der Waals surface area contributed by atoms with E-state index in [1.807, 2.05) is 0 Å². The van der Waals surface area contributed by atoms with Crippen molar-refractivity contribution in [1.82, 2.24) is 10.5 Å². The van der Waals surface area contributed by atoms with Gasteiger partial charge in [0.15, 0.2) is 0 Å². The lowest BCUT2D eigenvalue weighted by atomic mass is 9.91. The van der Waals surface area contributed by atoms with Crippen molar-refractivity contribution in [2.24, 2.45) is 0 Å². The minimum atomic E-state index is -5.25. The highest BCUT2D eigenvalue weighted by Crippen LogP contribution is 2.42. The van der Waals surface area contributed by atoms with Crippen LogP contribution < -0.4 is 10.8 Å². The van der Waals surface area contributed by atoms with Gasteiger partial charge >= 0.3 is 6.18 Å². The van der Waals surface area contributed by atoms with Crippen LogP contribution in [-0.4, -0.2) is 33.9 Å². The molecule has 29 heavy (non-hydrogen) atoms. The average Bonchev–Trinajstić information content (AvgIpc) is 2.64. The SMILES string of the molecule is CC(=O)Nc1cc(C(C)C(O)(ONC(=O)c2ccccc2)C(F)(F)F)cc(C)n1. The normalized spacial score (nSPS) is 14.6. The Morgan fingerprint density at radius 1 is 1.17 bits per heavy atom. The summed E-state index contributed by atoms with van der Waals surface area (Å²) >= 11 is 0. The number of anilines is 1. The number of hydrogen-bond donors (Lipinski definition) is 3. The van der Waals surface area contributed by atoms with E-state index in [1.54, 1.807) is 11.5 Å². The first-order valence-corrected chi connectivity index (χ1v) is 8.52. The highest BCUT2D eigenvalue weighted by molar-refractivity contribution is 5.93. The van der Waals surface area contributed by atoms with Crippen LogP contribution in [0.15, 0.2) is 42.5 Å². The Kier molecular flexibility index (Phi) is 6.60. The summed E-state index contributed by atoms with van der Waals surface area (Å²) in [6, 6.07) is 9.94. The van der Waals surface area contributed by atoms with Crippen molar-refractivity contribution in [1.29, 1.82) is 0 Å². The van der Waals surface area contributed by atoms with Gasteiger partial charge in [0, 0.05) is 24.1 Å². The molecule has 2 atom stereocenters. The number of pyridine rings is 1. The number of nitrogens with one attached hydrogen (secondary N) is 2. The van der Waals surface area contributed by atoms with E-state index in [1.165, 1.54) is 50.2 Å². The van der Waals surface area contributed by atoms with Gasteiger partial charge < -0.3 is 10.4 Å². The fourth-order valence-electron chi connectivity index (χ4n) is 2.58. The smallest absolute Gasteiger partial charge is 0.356 e. The number of halogens is 3. The summed E-state index contributed by atoms with van der Waals surface area (Å²) in [4.78, 5) is 31.8. The molecule has 156 valence electrons. The molecule has 0 aliphatic rings. The van der Waals surface area contributed by atoms with Gasteiger partial charge in [-0.15, -0.1) is 0 Å². The summed E-state index contributed by atoms with van der Waals surface area (Å²) < 4.78 is 41.1. The second kappa shape index (κ2) is 8.58. The Morgan fingerprint density at radius 2 is 1.79 bits per heavy atom. The third-order valence-electron chi connectivity index (χ3n) is 4.11. The molecule has 0 spiro atoms. The standard InChI is InChI=1S/C19H20F3N3O4/c1-11-9-15(10-16(23-11)24-13(3)26)12(2)18(28,19(20,21)22)29-25-17(27)14-7-5-4-6-8-14/h4-10,12,28H,1-3H3,(H,25,27)(H,23,24,26). The summed E-state index contributed by atoms with van der Waals surface area (Å²) in [6.07, 6.45) is -5.25. The number of carbonyl (C=O) groups excluding carboxylic acids is 2. The van der Waals surface area contributed by atoms with E-state index in [9.17, 15) is 27.9 Å². The molecule has 2 aromatic rings. The van der Waals surface area contributed by atoms with Gasteiger partial charge in [0.2, 0.25) is 5.91 Å². The average molecular weight is 411 g/mol. The van der Waals surface area contributed by atoms with Crippen LogP contribution in [0.1, 0.15) is 41.4 Å². The molecule has 0 bridgehead atoms. The van der Waals surface area contributed by atoms with E-state index in [2.05, 4.69) is 15.1 Å². The van der Waals surface area contributed by atoms with Gasteiger partial charge in [0.1, 0.15) is 5.82 Å². The van der Waals surface area contributed by atoms with Crippen molar-refractivity contribution in [3.05, 3.63) is 59.3 Å². The number of aliphatic hydroxyl groups is 1. The first-order valence-electron chi connectivity index (χ1n) is 8.52. The Morgan fingerprint density at radius 3 is 2.34 bits per heavy atom. The van der Waals surface area contributed by atoms with Crippen LogP contribution >= 0.6 is 0 Å². The minimum Gasteiger partial charge on any atom is -0.356 e. The fraction of sp³-hybridized carbons (Fsp3) is 0.316. The Labute approximate surface area is 164 Å². The Balaban J connectivity index is 2.32. The molecule has 1 aromatic carbocycles. The number of amides is 2. The molecule has 7 nitrogen and oxygen atoms in total. The molecule has 0 fully saturated rings. The summed E-state index contributed by atoms with van der Waals surface area (Å²) in [7, 11) is 0. The predicted molar refractivity (Wildman–Crippen MR) is 97.7 cm³/mol. The van der Waals surface area contributed by atoms with E-state index in [0.29, 0.717) is 5.69 Å². The van der Waals surface area contributed by atoms with Crippen molar-refractivity contribution >= 4 is 17.6 Å². The summed E-state index contributed by atoms with van der Waals surface area (Å²) in [5.41, 5.74) is 2.03. The molecule has 0 aliphatic heterocycles. The number of aromatic nitrogens is 1. The van der Waals surface area contributed by atoms with Crippen LogP contribution in [-0.2, 0) is 9.63 Å². The first-order chi connectivity index (χ1) is 13.4. The number of aryl methyl sites for hydroxylation is 1. The molecular weight excluding hydrogens is 391 g/mol. The molecule has 10 heteroatoms. The number of benzene rings is 1. The van der Waals surface area contributed by atoms with E-state index in [0.717, 1.165) is 6.92 Å². The number of hydroxylamine groups is 1. The number of alkyl halides is 3. The summed E-state index contributed by atoms with van der Waals surface area (Å²) in [5, 5.41) is 12.7. The third kappa shape index (κ3) is 5.30. The zero-order valence-electron chi connectivity index (χ0n) is 15.9. The Bertz CT molecular complexity index is 890. The van der Waals surface area contributed by atoms with Gasteiger partial charge in [-0.2, -0.15) is 13.2 Å². The molecular formula is C19H20F3N3O4. The van der Waals surface area contributed by atoms with E-state index in [-0.39, 0.29) is 16.9 Å². The van der Waals surface area contributed by atoms with E-state index in [4.69, 9.17) is 0 Å². The van der Waals surface area contributed by atoms with Crippen molar-refractivity contribution in [3.8, 4) is 0 Å². The third-order valence-corrected chi connectivity index (χ3v) is 4.11. The highest BCUT2D eigenvalue weighted by Gasteiger charge is 2.60. The fourth-order valence-corrected chi connectivity index (χ4v) is 2.58. The minimum absolute atomic E-state index is 0.00460. The van der Waals surface area contributed by atoms with Crippen LogP contribution in [0.25, 0.3) is 0 Å². The zero-order valence-corrected chi connectivity index (χ0v) is 15.9. The van der Waals surface area contributed by atoms with Crippen LogP contribution in [0.3, 0.4) is 0 Å². The van der Waals surface area contributed by atoms with E-state index < -0.39 is 29.7 Å². The summed E-state index contributed by atoms with van der Waals surface area (Å²) in [5.74, 6) is -6.80. The molecule has 2 unspecified atom stereocenters. The second-order valence-corrected chi connectivity index (χ2v) is 6.42. The van der Waals surface area contributed by atoms with E-state index >= 15 is 0 Å².